The van der Waals surface area contributed by atoms with Gasteiger partial charge in [-0.3, -0.25) is 15.2 Å². The molecule has 3 aromatic rings. The number of aromatic nitrogens is 4. The molecule has 1 aromatic carbocycles. The molecule has 1 atom stereocenters. The number of nitrogens with zero attached hydrogens (tertiary/aromatic N) is 3. The van der Waals surface area contributed by atoms with E-state index >= 15 is 0 Å². The van der Waals surface area contributed by atoms with Gasteiger partial charge in [0.1, 0.15) is 5.82 Å². The number of nitrogens with one attached hydrogen (secondary N) is 2. The van der Waals surface area contributed by atoms with E-state index in [4.69, 9.17) is 5.73 Å². The highest BCUT2D eigenvalue weighted by Gasteiger charge is 2.15. The molecular weight excluding hydrogens is 360 g/mol. The number of aromatic amines is 1. The van der Waals surface area contributed by atoms with E-state index in [0.717, 1.165) is 4.90 Å². The summed E-state index contributed by atoms with van der Waals surface area (Å²) >= 11 is 2.57. The Bertz CT molecular complexity index is 905. The Morgan fingerprint density at radius 3 is 2.88 bits per heavy atom. The van der Waals surface area contributed by atoms with E-state index in [0.29, 0.717) is 33.1 Å². The van der Waals surface area contributed by atoms with Crippen molar-refractivity contribution in [1.82, 2.24) is 20.2 Å². The van der Waals surface area contributed by atoms with Crippen molar-refractivity contribution in [3.8, 4) is 0 Å². The summed E-state index contributed by atoms with van der Waals surface area (Å²) in [6.45, 7) is 3.43. The van der Waals surface area contributed by atoms with Gasteiger partial charge in [0.25, 0.3) is 5.91 Å². The Hall–Kier alpha value is -2.43. The smallest absolute Gasteiger partial charge is 0.259 e. The van der Waals surface area contributed by atoms with Crippen molar-refractivity contribution in [1.29, 1.82) is 0 Å². The number of aryl methyl sites for hydroxylation is 1. The van der Waals surface area contributed by atoms with Gasteiger partial charge in [-0.25, -0.2) is 9.97 Å². The zero-order valence-electron chi connectivity index (χ0n) is 13.5. The number of aliphatic hydroxyl groups excluding tert-OH is 1. The summed E-state index contributed by atoms with van der Waals surface area (Å²) < 4.78 is 0. The molecule has 1 amide bonds. The first-order valence-corrected chi connectivity index (χ1v) is 9.03. The van der Waals surface area contributed by atoms with E-state index in [1.807, 2.05) is 6.92 Å². The molecule has 2 heterocycles. The van der Waals surface area contributed by atoms with Crippen LogP contribution < -0.4 is 11.1 Å². The topological polar surface area (TPSA) is 130 Å². The van der Waals surface area contributed by atoms with Crippen LogP contribution in [0.25, 0.3) is 0 Å². The average Bonchev–Trinajstić information content (AvgIpc) is 3.18. The number of carbonyl (C=O) groups is 1. The van der Waals surface area contributed by atoms with Gasteiger partial charge < -0.3 is 10.8 Å². The summed E-state index contributed by atoms with van der Waals surface area (Å²) in [5.74, 6) is 0.353. The quantitative estimate of drug-likeness (QED) is 0.504. The number of carbonyl (C=O) groups excluding carboxylic acids is 1. The Morgan fingerprint density at radius 1 is 1.44 bits per heavy atom. The molecule has 5 N–H and O–H groups in total. The molecule has 1 unspecified atom stereocenters. The minimum absolute atomic E-state index is 0.339. The van der Waals surface area contributed by atoms with Gasteiger partial charge in [0.15, 0.2) is 5.13 Å². The lowest BCUT2D eigenvalue weighted by molar-refractivity contribution is 0.102. The second-order valence-electron chi connectivity index (χ2n) is 5.26. The van der Waals surface area contributed by atoms with Crippen LogP contribution in [0.3, 0.4) is 0 Å². The maximum Gasteiger partial charge on any atom is 0.259 e. The van der Waals surface area contributed by atoms with Gasteiger partial charge in [-0.2, -0.15) is 0 Å². The molecular formula is C15H16N6O2S2. The molecule has 130 valence electrons. The molecule has 10 heteroatoms. The largest absolute Gasteiger partial charge is 0.398 e. The van der Waals surface area contributed by atoms with Gasteiger partial charge in [0.2, 0.25) is 5.16 Å². The van der Waals surface area contributed by atoms with Crippen molar-refractivity contribution in [2.24, 2.45) is 0 Å². The fourth-order valence-corrected chi connectivity index (χ4v) is 3.56. The maximum absolute atomic E-state index is 12.5. The number of nitrogens with two attached hydrogens (primary N) is 1. The van der Waals surface area contributed by atoms with E-state index in [2.05, 4.69) is 25.5 Å². The molecule has 0 saturated carbocycles. The molecule has 0 radical (unpaired) electrons. The predicted octanol–water partition coefficient (Wildman–Crippen LogP) is 2.61. The molecule has 0 aliphatic carbocycles. The monoisotopic (exact) mass is 376 g/mol. The van der Waals surface area contributed by atoms with Crippen LogP contribution in [0.5, 0.6) is 0 Å². The third-order valence-electron chi connectivity index (χ3n) is 3.23. The number of benzene rings is 1. The number of anilines is 2. The maximum atomic E-state index is 12.5. The van der Waals surface area contributed by atoms with Crippen molar-refractivity contribution in [2.75, 3.05) is 11.1 Å². The van der Waals surface area contributed by atoms with Gasteiger partial charge >= 0.3 is 0 Å². The lowest BCUT2D eigenvalue weighted by Crippen LogP contribution is -2.14. The molecule has 2 aromatic heterocycles. The standard InChI is InChI=1S/C15H16N6O2S2/c1-7(22)12-6-24-14(18-12)19-13(23)10-5-9(3-4-11(10)16)25-15-17-8(2)20-21-15/h3-7,22H,16H2,1-2H3,(H,17,20,21)(H,18,19,23). The van der Waals surface area contributed by atoms with Crippen molar-refractivity contribution in [3.05, 3.63) is 40.7 Å². The lowest BCUT2D eigenvalue weighted by Gasteiger charge is -2.07. The van der Waals surface area contributed by atoms with E-state index in [-0.39, 0.29) is 5.91 Å². The number of amides is 1. The van der Waals surface area contributed by atoms with Crippen LogP contribution in [0.2, 0.25) is 0 Å². The van der Waals surface area contributed by atoms with E-state index in [9.17, 15) is 9.90 Å². The lowest BCUT2D eigenvalue weighted by atomic mass is 10.1. The highest BCUT2D eigenvalue weighted by molar-refractivity contribution is 7.99. The number of hydrogen-bond donors (Lipinski definition) is 4. The summed E-state index contributed by atoms with van der Waals surface area (Å²) in [5, 5.41) is 21.7. The molecule has 8 nitrogen and oxygen atoms in total. The Labute approximate surface area is 151 Å². The summed E-state index contributed by atoms with van der Waals surface area (Å²) in [5.41, 5.74) is 7.14. The number of thiazole rings is 1. The van der Waals surface area contributed by atoms with Gasteiger partial charge in [-0.1, -0.05) is 0 Å². The second kappa shape index (κ2) is 7.21. The van der Waals surface area contributed by atoms with Crippen LogP contribution in [0.1, 0.15) is 34.9 Å². The number of H-pyrrole nitrogens is 1. The number of nitrogen functional groups attached to an aromatic ring is 1. The van der Waals surface area contributed by atoms with Crippen molar-refractivity contribution < 1.29 is 9.90 Å². The van der Waals surface area contributed by atoms with Crippen LogP contribution in [-0.2, 0) is 0 Å². The highest BCUT2D eigenvalue weighted by atomic mass is 32.2. The number of rotatable bonds is 5. The molecule has 0 bridgehead atoms. The van der Waals surface area contributed by atoms with Gasteiger partial charge in [-0.05, 0) is 43.8 Å². The van der Waals surface area contributed by atoms with Gasteiger partial charge in [0, 0.05) is 16.0 Å². The van der Waals surface area contributed by atoms with Crippen molar-refractivity contribution in [2.45, 2.75) is 30.0 Å². The molecule has 25 heavy (non-hydrogen) atoms. The van der Waals surface area contributed by atoms with Crippen LogP contribution >= 0.6 is 23.1 Å². The van der Waals surface area contributed by atoms with Crippen LogP contribution in [0.4, 0.5) is 10.8 Å². The number of aliphatic hydroxyl groups is 1. The van der Waals surface area contributed by atoms with Gasteiger partial charge in [-0.15, -0.1) is 16.4 Å². The first kappa shape index (κ1) is 17.4. The second-order valence-corrected chi connectivity index (χ2v) is 7.16. The van der Waals surface area contributed by atoms with Crippen LogP contribution in [0.15, 0.2) is 33.6 Å². The predicted molar refractivity (Wildman–Crippen MR) is 96.8 cm³/mol. The normalized spacial score (nSPS) is 12.1. The SMILES string of the molecule is Cc1nc(Sc2ccc(N)c(C(=O)Nc3nc(C(C)O)cs3)c2)n[nH]1. The third kappa shape index (κ3) is 4.16. The van der Waals surface area contributed by atoms with E-state index in [1.165, 1.54) is 23.1 Å². The summed E-state index contributed by atoms with van der Waals surface area (Å²) in [6, 6.07) is 5.15. The zero-order valence-corrected chi connectivity index (χ0v) is 15.1. The Morgan fingerprint density at radius 2 is 2.24 bits per heavy atom. The highest BCUT2D eigenvalue weighted by Crippen LogP contribution is 2.28. The van der Waals surface area contributed by atoms with Crippen molar-refractivity contribution >= 4 is 39.8 Å². The molecule has 0 aliphatic heterocycles. The minimum atomic E-state index is -0.684. The minimum Gasteiger partial charge on any atom is -0.398 e. The number of hydrogen-bond acceptors (Lipinski definition) is 8. The van der Waals surface area contributed by atoms with Crippen LogP contribution in [-0.4, -0.2) is 31.2 Å². The fraction of sp³-hybridized carbons (Fsp3) is 0.200. The van der Waals surface area contributed by atoms with Crippen molar-refractivity contribution in [3.63, 3.8) is 0 Å². The molecule has 0 saturated heterocycles. The average molecular weight is 376 g/mol. The molecule has 0 spiro atoms. The molecule has 0 fully saturated rings. The fourth-order valence-electron chi connectivity index (χ4n) is 1.97. The van der Waals surface area contributed by atoms with Gasteiger partial charge in [0.05, 0.1) is 17.4 Å². The first-order chi connectivity index (χ1) is 11.9. The Kier molecular flexibility index (Phi) is 5.02. The third-order valence-corrected chi connectivity index (χ3v) is 4.86. The summed E-state index contributed by atoms with van der Waals surface area (Å²) in [7, 11) is 0. The zero-order chi connectivity index (χ0) is 18.0. The summed E-state index contributed by atoms with van der Waals surface area (Å²) in [4.78, 5) is 21.7. The Balaban J connectivity index is 1.77. The van der Waals surface area contributed by atoms with E-state index in [1.54, 1.807) is 30.5 Å². The van der Waals surface area contributed by atoms with E-state index < -0.39 is 6.10 Å². The molecule has 3 rings (SSSR count). The first-order valence-electron chi connectivity index (χ1n) is 7.33. The van der Waals surface area contributed by atoms with Crippen LogP contribution in [0, 0.1) is 6.92 Å². The molecule has 0 aliphatic rings. The summed E-state index contributed by atoms with van der Waals surface area (Å²) in [6.07, 6.45) is -0.684.